The Balaban J connectivity index is 2.28. The highest BCUT2D eigenvalue weighted by atomic mass is 16.3. The monoisotopic (exact) mass is 272 g/mol. The lowest BCUT2D eigenvalue weighted by Gasteiger charge is -2.26. The van der Waals surface area contributed by atoms with E-state index in [4.69, 9.17) is 5.11 Å². The molecular formula is C16H20N2O2. The lowest BCUT2D eigenvalue weighted by molar-refractivity contribution is 0.0665. The van der Waals surface area contributed by atoms with E-state index in [1.165, 1.54) is 0 Å². The number of amides is 1. The van der Waals surface area contributed by atoms with Crippen molar-refractivity contribution in [1.29, 1.82) is 0 Å². The van der Waals surface area contributed by atoms with E-state index < -0.39 is 0 Å². The summed E-state index contributed by atoms with van der Waals surface area (Å²) in [7, 11) is 0. The van der Waals surface area contributed by atoms with Gasteiger partial charge in [-0.3, -0.25) is 4.79 Å². The largest absolute Gasteiger partial charge is 0.395 e. The smallest absolute Gasteiger partial charge is 0.254 e. The van der Waals surface area contributed by atoms with E-state index in [-0.39, 0.29) is 18.6 Å². The van der Waals surface area contributed by atoms with Gasteiger partial charge in [0.1, 0.15) is 0 Å². The first-order valence-electron chi connectivity index (χ1n) is 6.78. The number of carbonyl (C=O) groups excluding carboxylic acids is 1. The van der Waals surface area contributed by atoms with Crippen LogP contribution in [0.1, 0.15) is 24.2 Å². The van der Waals surface area contributed by atoms with Gasteiger partial charge in [-0.1, -0.05) is 6.07 Å². The summed E-state index contributed by atoms with van der Waals surface area (Å²) >= 11 is 0. The van der Waals surface area contributed by atoms with Gasteiger partial charge < -0.3 is 14.6 Å². The number of hydrogen-bond donors (Lipinski definition) is 1. The summed E-state index contributed by atoms with van der Waals surface area (Å²) in [5.41, 5.74) is 1.59. The van der Waals surface area contributed by atoms with Gasteiger partial charge >= 0.3 is 0 Å². The van der Waals surface area contributed by atoms with Crippen molar-refractivity contribution in [3.8, 4) is 5.69 Å². The summed E-state index contributed by atoms with van der Waals surface area (Å²) in [5.74, 6) is -0.0527. The lowest BCUT2D eigenvalue weighted by atomic mass is 10.1. The maximum absolute atomic E-state index is 12.5. The molecule has 0 saturated heterocycles. The average molecular weight is 272 g/mol. The summed E-state index contributed by atoms with van der Waals surface area (Å²) in [6.07, 6.45) is 3.88. The summed E-state index contributed by atoms with van der Waals surface area (Å²) in [5, 5.41) is 9.09. The van der Waals surface area contributed by atoms with E-state index in [1.54, 1.807) is 4.90 Å². The Kier molecular flexibility index (Phi) is 4.58. The van der Waals surface area contributed by atoms with Crippen molar-refractivity contribution < 1.29 is 9.90 Å². The van der Waals surface area contributed by atoms with Crippen LogP contribution in [0.25, 0.3) is 5.69 Å². The molecule has 0 atom stereocenters. The van der Waals surface area contributed by atoms with Crippen molar-refractivity contribution in [3.05, 3.63) is 54.4 Å². The van der Waals surface area contributed by atoms with E-state index in [9.17, 15) is 4.79 Å². The predicted octanol–water partition coefficient (Wildman–Crippen LogP) is 2.32. The number of rotatable bonds is 5. The fourth-order valence-corrected chi connectivity index (χ4v) is 2.17. The van der Waals surface area contributed by atoms with Crippen LogP contribution in [0.4, 0.5) is 0 Å². The number of aromatic nitrogens is 1. The predicted molar refractivity (Wildman–Crippen MR) is 79.0 cm³/mol. The summed E-state index contributed by atoms with van der Waals surface area (Å²) < 4.78 is 1.96. The zero-order valence-corrected chi connectivity index (χ0v) is 11.9. The van der Waals surface area contributed by atoms with Crippen molar-refractivity contribution in [3.63, 3.8) is 0 Å². The van der Waals surface area contributed by atoms with Gasteiger partial charge in [-0.2, -0.15) is 0 Å². The van der Waals surface area contributed by atoms with E-state index in [0.717, 1.165) is 5.69 Å². The highest BCUT2D eigenvalue weighted by Gasteiger charge is 2.18. The van der Waals surface area contributed by atoms with Crippen LogP contribution in [-0.2, 0) is 0 Å². The van der Waals surface area contributed by atoms with Crippen LogP contribution in [0.2, 0.25) is 0 Å². The van der Waals surface area contributed by atoms with Crippen LogP contribution >= 0.6 is 0 Å². The summed E-state index contributed by atoms with van der Waals surface area (Å²) in [6, 6.07) is 11.5. The molecule has 1 amide bonds. The molecule has 4 heteroatoms. The van der Waals surface area contributed by atoms with Gasteiger partial charge in [0.05, 0.1) is 6.61 Å². The molecule has 0 saturated carbocycles. The van der Waals surface area contributed by atoms with Crippen molar-refractivity contribution in [2.75, 3.05) is 13.2 Å². The topological polar surface area (TPSA) is 45.5 Å². The third-order valence-corrected chi connectivity index (χ3v) is 3.22. The lowest BCUT2D eigenvalue weighted by Crippen LogP contribution is -2.39. The second-order valence-electron chi connectivity index (χ2n) is 4.96. The summed E-state index contributed by atoms with van der Waals surface area (Å²) in [4.78, 5) is 14.2. The SMILES string of the molecule is CC(C)N(CCO)C(=O)c1cccc(-n2cccc2)c1. The minimum atomic E-state index is -0.0527. The van der Waals surface area contributed by atoms with Crippen molar-refractivity contribution >= 4 is 5.91 Å². The molecular weight excluding hydrogens is 252 g/mol. The van der Waals surface area contributed by atoms with Gasteiger partial charge in [0.25, 0.3) is 5.91 Å². The Morgan fingerprint density at radius 1 is 1.25 bits per heavy atom. The minimum absolute atomic E-state index is 0.0266. The zero-order chi connectivity index (χ0) is 14.5. The molecule has 0 aliphatic heterocycles. The van der Waals surface area contributed by atoms with Gasteiger partial charge in [0.2, 0.25) is 0 Å². The number of nitrogens with zero attached hydrogens (tertiary/aromatic N) is 2. The third kappa shape index (κ3) is 3.08. The maximum Gasteiger partial charge on any atom is 0.254 e. The Morgan fingerprint density at radius 2 is 1.95 bits per heavy atom. The second-order valence-corrected chi connectivity index (χ2v) is 4.96. The highest BCUT2D eigenvalue weighted by Crippen LogP contribution is 2.14. The molecule has 106 valence electrons. The van der Waals surface area contributed by atoms with E-state index in [2.05, 4.69) is 0 Å². The van der Waals surface area contributed by atoms with Crippen molar-refractivity contribution in [1.82, 2.24) is 9.47 Å². The first kappa shape index (κ1) is 14.3. The molecule has 0 aliphatic rings. The highest BCUT2D eigenvalue weighted by molar-refractivity contribution is 5.95. The molecule has 4 nitrogen and oxygen atoms in total. The van der Waals surface area contributed by atoms with Crippen molar-refractivity contribution in [2.24, 2.45) is 0 Å². The Hall–Kier alpha value is -2.07. The van der Waals surface area contributed by atoms with Gasteiger partial charge in [-0.25, -0.2) is 0 Å². The van der Waals surface area contributed by atoms with Gasteiger partial charge in [0, 0.05) is 36.2 Å². The van der Waals surface area contributed by atoms with Crippen LogP contribution in [-0.4, -0.2) is 39.7 Å². The van der Waals surface area contributed by atoms with Gasteiger partial charge in [-0.15, -0.1) is 0 Å². The fourth-order valence-electron chi connectivity index (χ4n) is 2.17. The molecule has 2 aromatic rings. The summed E-state index contributed by atoms with van der Waals surface area (Å²) in [6.45, 7) is 4.22. The van der Waals surface area contributed by atoms with E-state index in [1.807, 2.05) is 67.2 Å². The normalized spacial score (nSPS) is 10.8. The molecule has 1 heterocycles. The van der Waals surface area contributed by atoms with E-state index in [0.29, 0.717) is 12.1 Å². The molecule has 0 radical (unpaired) electrons. The molecule has 0 fully saturated rings. The molecule has 1 N–H and O–H groups in total. The molecule has 0 unspecified atom stereocenters. The number of aliphatic hydroxyl groups is 1. The van der Waals surface area contributed by atoms with Gasteiger partial charge in [-0.05, 0) is 44.2 Å². The van der Waals surface area contributed by atoms with Crippen LogP contribution in [0.3, 0.4) is 0 Å². The van der Waals surface area contributed by atoms with Crippen LogP contribution in [0.15, 0.2) is 48.8 Å². The van der Waals surface area contributed by atoms with E-state index >= 15 is 0 Å². The van der Waals surface area contributed by atoms with Crippen LogP contribution in [0, 0.1) is 0 Å². The standard InChI is InChI=1S/C16H20N2O2/c1-13(2)18(10-11-19)16(20)14-6-5-7-15(12-14)17-8-3-4-9-17/h3-9,12-13,19H,10-11H2,1-2H3. The molecule has 0 aliphatic carbocycles. The quantitative estimate of drug-likeness (QED) is 0.908. The zero-order valence-electron chi connectivity index (χ0n) is 11.9. The molecule has 1 aromatic heterocycles. The van der Waals surface area contributed by atoms with Gasteiger partial charge in [0.15, 0.2) is 0 Å². The Morgan fingerprint density at radius 3 is 2.55 bits per heavy atom. The second kappa shape index (κ2) is 6.39. The Labute approximate surface area is 119 Å². The van der Waals surface area contributed by atoms with Crippen molar-refractivity contribution in [2.45, 2.75) is 19.9 Å². The molecule has 1 aromatic carbocycles. The first-order chi connectivity index (χ1) is 9.63. The molecule has 20 heavy (non-hydrogen) atoms. The van der Waals surface area contributed by atoms with Crippen LogP contribution in [0.5, 0.6) is 0 Å². The number of hydrogen-bond acceptors (Lipinski definition) is 2. The third-order valence-electron chi connectivity index (χ3n) is 3.22. The first-order valence-corrected chi connectivity index (χ1v) is 6.78. The maximum atomic E-state index is 12.5. The minimum Gasteiger partial charge on any atom is -0.395 e. The number of benzene rings is 1. The molecule has 0 bridgehead atoms. The van der Waals surface area contributed by atoms with Crippen LogP contribution < -0.4 is 0 Å². The average Bonchev–Trinajstić information content (AvgIpc) is 2.98. The number of carbonyl (C=O) groups is 1. The number of aliphatic hydroxyl groups excluding tert-OH is 1. The Bertz CT molecular complexity index is 562. The molecule has 0 spiro atoms. The molecule has 2 rings (SSSR count). The fraction of sp³-hybridized carbons (Fsp3) is 0.312.